The Hall–Kier alpha value is -1.73. The Morgan fingerprint density at radius 1 is 1.40 bits per heavy atom. The smallest absolute Gasteiger partial charge is 0.242 e. The first-order valence-corrected chi connectivity index (χ1v) is 7.81. The lowest BCUT2D eigenvalue weighted by Gasteiger charge is -2.29. The molecule has 0 spiro atoms. The van der Waals surface area contributed by atoms with Gasteiger partial charge in [0.15, 0.2) is 15.6 Å². The van der Waals surface area contributed by atoms with Gasteiger partial charge in [-0.25, -0.2) is 8.42 Å². The Morgan fingerprint density at radius 2 is 2.10 bits per heavy atom. The summed E-state index contributed by atoms with van der Waals surface area (Å²) < 4.78 is 24.0. The van der Waals surface area contributed by atoms with Gasteiger partial charge in [0, 0.05) is 18.7 Å². The van der Waals surface area contributed by atoms with Crippen molar-refractivity contribution < 1.29 is 23.1 Å². The molecule has 0 saturated heterocycles. The number of hydrogen-bond acceptors (Lipinski definition) is 5. The van der Waals surface area contributed by atoms with E-state index in [1.807, 2.05) is 0 Å². The number of aliphatic hydroxyl groups excluding tert-OH is 1. The van der Waals surface area contributed by atoms with Crippen LogP contribution in [0.5, 0.6) is 0 Å². The fraction of sp³-hybridized carbons (Fsp3) is 0.385. The monoisotopic (exact) mass is 297 g/mol. The van der Waals surface area contributed by atoms with Crippen molar-refractivity contribution in [2.24, 2.45) is 0 Å². The highest BCUT2D eigenvalue weighted by Crippen LogP contribution is 2.32. The fourth-order valence-electron chi connectivity index (χ4n) is 2.14. The third kappa shape index (κ3) is 2.59. The standard InChI is InChI=1S/C13H15NO5S/c1-9(16)10-3-4-12-11(7-10)14(5-2-6-15)13(17)8-20(12,18)19/h3-4,7,15H,2,5-6,8H2,1H3. The molecule has 6 nitrogen and oxygen atoms in total. The summed E-state index contributed by atoms with van der Waals surface area (Å²) in [6.45, 7) is 1.50. The quantitative estimate of drug-likeness (QED) is 0.812. The summed E-state index contributed by atoms with van der Waals surface area (Å²) in [4.78, 5) is 24.7. The summed E-state index contributed by atoms with van der Waals surface area (Å²) in [5.41, 5.74) is 0.574. The van der Waals surface area contributed by atoms with Crippen molar-refractivity contribution in [2.45, 2.75) is 18.2 Å². The maximum Gasteiger partial charge on any atom is 0.242 e. The number of amides is 1. The van der Waals surface area contributed by atoms with Crippen LogP contribution in [0.2, 0.25) is 0 Å². The predicted octanol–water partition coefficient (Wildman–Crippen LogP) is 0.392. The van der Waals surface area contributed by atoms with Crippen LogP contribution in [0.3, 0.4) is 0 Å². The number of fused-ring (bicyclic) bond motifs is 1. The molecule has 108 valence electrons. The van der Waals surface area contributed by atoms with Crippen LogP contribution in [0.4, 0.5) is 5.69 Å². The second-order valence-electron chi connectivity index (χ2n) is 4.62. The van der Waals surface area contributed by atoms with Crippen LogP contribution in [0.15, 0.2) is 23.1 Å². The molecule has 0 saturated carbocycles. The average molecular weight is 297 g/mol. The molecule has 0 fully saturated rings. The van der Waals surface area contributed by atoms with Crippen LogP contribution in [0.25, 0.3) is 0 Å². The maximum atomic E-state index is 12.0. The number of anilines is 1. The first-order chi connectivity index (χ1) is 9.36. The van der Waals surface area contributed by atoms with Gasteiger partial charge in [0.25, 0.3) is 0 Å². The number of aliphatic hydroxyl groups is 1. The van der Waals surface area contributed by atoms with Crippen molar-refractivity contribution in [3.05, 3.63) is 23.8 Å². The van der Waals surface area contributed by atoms with Crippen molar-refractivity contribution in [3.8, 4) is 0 Å². The Kier molecular flexibility index (Phi) is 3.92. The van der Waals surface area contributed by atoms with E-state index in [0.717, 1.165) is 0 Å². The van der Waals surface area contributed by atoms with Crippen molar-refractivity contribution in [1.29, 1.82) is 0 Å². The van der Waals surface area contributed by atoms with Gasteiger partial charge in [-0.15, -0.1) is 0 Å². The SMILES string of the molecule is CC(=O)c1ccc2c(c1)N(CCCO)C(=O)CS2(=O)=O. The second-order valence-corrected chi connectivity index (χ2v) is 6.58. The van der Waals surface area contributed by atoms with Crippen LogP contribution in [0, 0.1) is 0 Å². The minimum absolute atomic E-state index is 0.0556. The molecule has 1 aliphatic heterocycles. The van der Waals surface area contributed by atoms with Gasteiger partial charge in [-0.3, -0.25) is 9.59 Å². The molecule has 20 heavy (non-hydrogen) atoms. The Bertz CT molecular complexity index is 665. The highest BCUT2D eigenvalue weighted by atomic mass is 32.2. The Labute approximate surface area is 116 Å². The fourth-order valence-corrected chi connectivity index (χ4v) is 3.54. The van der Waals surface area contributed by atoms with Crippen LogP contribution in [-0.2, 0) is 14.6 Å². The number of carbonyl (C=O) groups is 2. The summed E-state index contributed by atoms with van der Waals surface area (Å²) >= 11 is 0. The third-order valence-electron chi connectivity index (χ3n) is 3.15. The van der Waals surface area contributed by atoms with Gasteiger partial charge >= 0.3 is 0 Å². The number of nitrogens with zero attached hydrogens (tertiary/aromatic N) is 1. The van der Waals surface area contributed by atoms with E-state index in [-0.39, 0.29) is 29.5 Å². The molecule has 1 aliphatic rings. The molecule has 1 heterocycles. The molecule has 0 bridgehead atoms. The maximum absolute atomic E-state index is 12.0. The number of ketones is 1. The number of sulfone groups is 1. The topological polar surface area (TPSA) is 91.8 Å². The van der Waals surface area contributed by atoms with E-state index in [1.54, 1.807) is 0 Å². The minimum atomic E-state index is -3.66. The van der Waals surface area contributed by atoms with Gasteiger partial charge in [-0.05, 0) is 31.5 Å². The molecule has 0 unspecified atom stereocenters. The van der Waals surface area contributed by atoms with Crippen molar-refractivity contribution in [1.82, 2.24) is 0 Å². The van der Waals surface area contributed by atoms with E-state index in [9.17, 15) is 18.0 Å². The zero-order chi connectivity index (χ0) is 14.9. The van der Waals surface area contributed by atoms with Gasteiger partial charge in [0.05, 0.1) is 10.6 Å². The molecular weight excluding hydrogens is 282 g/mol. The van der Waals surface area contributed by atoms with Crippen LogP contribution in [-0.4, -0.2) is 44.1 Å². The molecule has 0 aliphatic carbocycles. The molecule has 0 radical (unpaired) electrons. The average Bonchev–Trinajstić information content (AvgIpc) is 2.37. The van der Waals surface area contributed by atoms with E-state index in [4.69, 9.17) is 5.11 Å². The lowest BCUT2D eigenvalue weighted by Crippen LogP contribution is -2.41. The molecule has 1 aromatic carbocycles. The molecule has 1 aromatic rings. The zero-order valence-corrected chi connectivity index (χ0v) is 11.8. The van der Waals surface area contributed by atoms with Gasteiger partial charge in [-0.2, -0.15) is 0 Å². The lowest BCUT2D eigenvalue weighted by atomic mass is 10.1. The van der Waals surface area contributed by atoms with Gasteiger partial charge < -0.3 is 10.0 Å². The Morgan fingerprint density at radius 3 is 2.70 bits per heavy atom. The Balaban J connectivity index is 2.57. The largest absolute Gasteiger partial charge is 0.396 e. The first-order valence-electron chi connectivity index (χ1n) is 6.16. The summed E-state index contributed by atoms with van der Waals surface area (Å²) in [5, 5.41) is 8.87. The van der Waals surface area contributed by atoms with E-state index < -0.39 is 21.5 Å². The molecule has 2 rings (SSSR count). The van der Waals surface area contributed by atoms with Crippen LogP contribution < -0.4 is 4.90 Å². The van der Waals surface area contributed by atoms with Crippen LogP contribution >= 0.6 is 0 Å². The lowest BCUT2D eigenvalue weighted by molar-refractivity contribution is -0.116. The van der Waals surface area contributed by atoms with E-state index >= 15 is 0 Å². The zero-order valence-electron chi connectivity index (χ0n) is 11.0. The predicted molar refractivity (Wildman–Crippen MR) is 72.6 cm³/mol. The van der Waals surface area contributed by atoms with Crippen LogP contribution in [0.1, 0.15) is 23.7 Å². The van der Waals surface area contributed by atoms with E-state index in [0.29, 0.717) is 12.0 Å². The van der Waals surface area contributed by atoms with Gasteiger partial charge in [0.1, 0.15) is 5.75 Å². The highest BCUT2D eigenvalue weighted by Gasteiger charge is 2.34. The summed E-state index contributed by atoms with van der Waals surface area (Å²) in [7, 11) is -3.66. The summed E-state index contributed by atoms with van der Waals surface area (Å²) in [6.07, 6.45) is 0.343. The van der Waals surface area contributed by atoms with Crippen molar-refractivity contribution in [3.63, 3.8) is 0 Å². The minimum Gasteiger partial charge on any atom is -0.396 e. The van der Waals surface area contributed by atoms with Gasteiger partial charge in [0.2, 0.25) is 5.91 Å². The summed E-state index contributed by atoms with van der Waals surface area (Å²) in [6, 6.07) is 4.22. The molecule has 1 N–H and O–H groups in total. The normalized spacial score (nSPS) is 16.9. The van der Waals surface area contributed by atoms with E-state index in [1.165, 1.54) is 30.0 Å². The van der Waals surface area contributed by atoms with E-state index in [2.05, 4.69) is 0 Å². The van der Waals surface area contributed by atoms with Gasteiger partial charge in [-0.1, -0.05) is 0 Å². The molecule has 0 aromatic heterocycles. The van der Waals surface area contributed by atoms with Crippen molar-refractivity contribution in [2.75, 3.05) is 23.8 Å². The van der Waals surface area contributed by atoms with Crippen molar-refractivity contribution >= 4 is 27.2 Å². The molecule has 0 atom stereocenters. The number of Topliss-reactive ketones (excluding diaryl/α,β-unsaturated/α-hetero) is 1. The number of hydrogen-bond donors (Lipinski definition) is 1. The molecule has 7 heteroatoms. The second kappa shape index (κ2) is 5.34. The summed E-state index contributed by atoms with van der Waals surface area (Å²) in [5.74, 6) is -1.32. The number of benzene rings is 1. The first kappa shape index (κ1) is 14.7. The highest BCUT2D eigenvalue weighted by molar-refractivity contribution is 7.92. The third-order valence-corrected chi connectivity index (χ3v) is 4.79. The number of rotatable bonds is 4. The molecule has 1 amide bonds. The number of carbonyl (C=O) groups excluding carboxylic acids is 2. The molecular formula is C13H15NO5S.